The van der Waals surface area contributed by atoms with E-state index in [4.69, 9.17) is 4.74 Å². The maximum atomic E-state index is 13.0. The molecule has 9 heteroatoms. The highest BCUT2D eigenvalue weighted by Gasteiger charge is 2.26. The van der Waals surface area contributed by atoms with Crippen LogP contribution in [0.4, 0.5) is 0 Å². The molecule has 1 aromatic heterocycles. The largest absolute Gasteiger partial charge is 0.495 e. The summed E-state index contributed by atoms with van der Waals surface area (Å²) in [4.78, 5) is 17.0. The molecule has 1 N–H and O–H groups in total. The van der Waals surface area contributed by atoms with Gasteiger partial charge >= 0.3 is 0 Å². The zero-order valence-corrected chi connectivity index (χ0v) is 18.9. The Hall–Kier alpha value is -2.91. The van der Waals surface area contributed by atoms with E-state index in [1.807, 2.05) is 28.8 Å². The van der Waals surface area contributed by atoms with Gasteiger partial charge in [-0.3, -0.25) is 4.79 Å². The van der Waals surface area contributed by atoms with E-state index in [0.29, 0.717) is 32.6 Å². The maximum Gasteiger partial charge on any atom is 0.251 e. The van der Waals surface area contributed by atoms with Gasteiger partial charge < -0.3 is 14.6 Å². The number of nitrogens with zero attached hydrogens (tertiary/aromatic N) is 3. The van der Waals surface area contributed by atoms with Crippen LogP contribution in [-0.2, 0) is 16.6 Å². The molecule has 0 aliphatic heterocycles. The fraction of sp³-hybridized carbons (Fsp3) is 0.364. The molecule has 3 aromatic rings. The summed E-state index contributed by atoms with van der Waals surface area (Å²) in [5.41, 5.74) is 2.27. The highest BCUT2D eigenvalue weighted by Crippen LogP contribution is 2.28. The first-order valence-corrected chi connectivity index (χ1v) is 11.7. The molecular weight excluding hydrogens is 416 g/mol. The molecule has 1 amide bonds. The Morgan fingerprint density at radius 3 is 2.61 bits per heavy atom. The molecule has 0 aliphatic rings. The molecular formula is C22H28N4O4S. The van der Waals surface area contributed by atoms with E-state index < -0.39 is 10.0 Å². The van der Waals surface area contributed by atoms with Gasteiger partial charge in [-0.05, 0) is 36.8 Å². The predicted molar refractivity (Wildman–Crippen MR) is 120 cm³/mol. The molecule has 0 aliphatic carbocycles. The second kappa shape index (κ2) is 9.93. The van der Waals surface area contributed by atoms with E-state index >= 15 is 0 Å². The van der Waals surface area contributed by atoms with Crippen LogP contribution in [0.5, 0.6) is 5.75 Å². The second-order valence-corrected chi connectivity index (χ2v) is 8.90. The van der Waals surface area contributed by atoms with E-state index in [2.05, 4.69) is 10.3 Å². The van der Waals surface area contributed by atoms with Crippen molar-refractivity contribution < 1.29 is 17.9 Å². The Bertz CT molecular complexity index is 1150. The SMILES string of the molecule is CCN(CC)S(=O)(=O)c1cc(C(=O)NCCCn2cnc3ccccc32)ccc1OC. The van der Waals surface area contributed by atoms with Crippen LogP contribution in [-0.4, -0.2) is 54.9 Å². The maximum absolute atomic E-state index is 13.0. The van der Waals surface area contributed by atoms with E-state index in [9.17, 15) is 13.2 Å². The molecule has 1 heterocycles. The van der Waals surface area contributed by atoms with Crippen LogP contribution in [0.3, 0.4) is 0 Å². The molecule has 0 saturated carbocycles. The number of ether oxygens (including phenoxy) is 1. The first kappa shape index (κ1) is 22.8. The highest BCUT2D eigenvalue weighted by molar-refractivity contribution is 7.89. The fourth-order valence-corrected chi connectivity index (χ4v) is 5.10. The number of carbonyl (C=O) groups excluding carboxylic acids is 1. The highest BCUT2D eigenvalue weighted by atomic mass is 32.2. The number of nitrogens with one attached hydrogen (secondary N) is 1. The molecule has 8 nitrogen and oxygen atoms in total. The minimum atomic E-state index is -3.76. The van der Waals surface area contributed by atoms with Gasteiger partial charge in [0.25, 0.3) is 5.91 Å². The number of aromatic nitrogens is 2. The van der Waals surface area contributed by atoms with Gasteiger partial charge in [-0.25, -0.2) is 13.4 Å². The number of imidazole rings is 1. The summed E-state index contributed by atoms with van der Waals surface area (Å²) in [6, 6.07) is 12.4. The minimum absolute atomic E-state index is 0.00349. The lowest BCUT2D eigenvalue weighted by molar-refractivity contribution is 0.0952. The Kier molecular flexibility index (Phi) is 7.29. The van der Waals surface area contributed by atoms with E-state index in [1.165, 1.54) is 23.5 Å². The van der Waals surface area contributed by atoms with Crippen molar-refractivity contribution in [3.05, 3.63) is 54.4 Å². The summed E-state index contributed by atoms with van der Waals surface area (Å²) in [7, 11) is -2.34. The number of carbonyl (C=O) groups is 1. The summed E-state index contributed by atoms with van der Waals surface area (Å²) in [5.74, 6) is -0.107. The molecule has 31 heavy (non-hydrogen) atoms. The molecule has 0 atom stereocenters. The third kappa shape index (κ3) is 4.88. The standard InChI is InChI=1S/C22H28N4O4S/c1-4-26(5-2)31(28,29)21-15-17(11-12-20(21)30-3)22(27)23-13-8-14-25-16-24-18-9-6-7-10-19(18)25/h6-7,9-12,15-16H,4-5,8,13-14H2,1-3H3,(H,23,27). The monoisotopic (exact) mass is 444 g/mol. The number of sulfonamides is 1. The van der Waals surface area contributed by atoms with Gasteiger partial charge in [-0.1, -0.05) is 26.0 Å². The molecule has 0 bridgehead atoms. The van der Waals surface area contributed by atoms with Crippen LogP contribution in [0.15, 0.2) is 53.7 Å². The van der Waals surface area contributed by atoms with Crippen molar-refractivity contribution in [3.8, 4) is 5.75 Å². The number of hydrogen-bond acceptors (Lipinski definition) is 5. The Balaban J connectivity index is 1.67. The Labute approximate surface area is 182 Å². The molecule has 0 fully saturated rings. The van der Waals surface area contributed by atoms with E-state index in [0.717, 1.165) is 11.0 Å². The lowest BCUT2D eigenvalue weighted by atomic mass is 10.2. The van der Waals surface area contributed by atoms with Crippen LogP contribution >= 0.6 is 0 Å². The molecule has 0 unspecified atom stereocenters. The number of rotatable bonds is 10. The lowest BCUT2D eigenvalue weighted by Crippen LogP contribution is -2.31. The van der Waals surface area contributed by atoms with Gasteiger partial charge in [0.2, 0.25) is 10.0 Å². The molecule has 0 radical (unpaired) electrons. The number of hydrogen-bond donors (Lipinski definition) is 1. The number of benzene rings is 2. The fourth-order valence-electron chi connectivity index (χ4n) is 3.46. The zero-order chi connectivity index (χ0) is 22.4. The summed E-state index contributed by atoms with van der Waals surface area (Å²) >= 11 is 0. The smallest absolute Gasteiger partial charge is 0.251 e. The summed E-state index contributed by atoms with van der Waals surface area (Å²) in [5, 5.41) is 2.86. The molecule has 166 valence electrons. The summed E-state index contributed by atoms with van der Waals surface area (Å²) in [6.07, 6.45) is 2.51. The first-order chi connectivity index (χ1) is 14.9. The quantitative estimate of drug-likeness (QED) is 0.485. The van der Waals surface area contributed by atoms with Gasteiger partial charge in [0, 0.05) is 31.7 Å². The average molecular weight is 445 g/mol. The van der Waals surface area contributed by atoms with Crippen molar-refractivity contribution in [1.29, 1.82) is 0 Å². The molecule has 3 rings (SSSR count). The van der Waals surface area contributed by atoms with Crippen molar-refractivity contribution in [2.45, 2.75) is 31.7 Å². The van der Waals surface area contributed by atoms with Gasteiger partial charge in [-0.15, -0.1) is 0 Å². The predicted octanol–water partition coefficient (Wildman–Crippen LogP) is 2.90. The van der Waals surface area contributed by atoms with Crippen molar-refractivity contribution >= 4 is 27.0 Å². The Morgan fingerprint density at radius 2 is 1.90 bits per heavy atom. The number of aryl methyl sites for hydroxylation is 1. The van der Waals surface area contributed by atoms with E-state index in [1.54, 1.807) is 26.2 Å². The third-order valence-electron chi connectivity index (χ3n) is 5.14. The second-order valence-electron chi connectivity index (χ2n) is 6.99. The van der Waals surface area contributed by atoms with Crippen LogP contribution in [0.2, 0.25) is 0 Å². The number of methoxy groups -OCH3 is 1. The van der Waals surface area contributed by atoms with Gasteiger partial charge in [0.05, 0.1) is 24.5 Å². The summed E-state index contributed by atoms with van der Waals surface area (Å²) < 4.78 is 34.5. The molecule has 0 saturated heterocycles. The number of para-hydroxylation sites is 2. The van der Waals surface area contributed by atoms with Crippen molar-refractivity contribution in [3.63, 3.8) is 0 Å². The third-order valence-corrected chi connectivity index (χ3v) is 7.21. The normalized spacial score (nSPS) is 11.7. The van der Waals surface area contributed by atoms with Gasteiger partial charge in [-0.2, -0.15) is 4.31 Å². The number of amides is 1. The van der Waals surface area contributed by atoms with Crippen LogP contribution in [0, 0.1) is 0 Å². The molecule has 0 spiro atoms. The average Bonchev–Trinajstić information content (AvgIpc) is 3.20. The first-order valence-electron chi connectivity index (χ1n) is 10.3. The van der Waals surface area contributed by atoms with Crippen molar-refractivity contribution in [2.24, 2.45) is 0 Å². The zero-order valence-electron chi connectivity index (χ0n) is 18.0. The van der Waals surface area contributed by atoms with Gasteiger partial charge in [0.15, 0.2) is 0 Å². The topological polar surface area (TPSA) is 93.5 Å². The van der Waals surface area contributed by atoms with Crippen molar-refractivity contribution in [2.75, 3.05) is 26.7 Å². The van der Waals surface area contributed by atoms with Crippen molar-refractivity contribution in [1.82, 2.24) is 19.2 Å². The van der Waals surface area contributed by atoms with E-state index in [-0.39, 0.29) is 22.1 Å². The minimum Gasteiger partial charge on any atom is -0.495 e. The lowest BCUT2D eigenvalue weighted by Gasteiger charge is -2.20. The Morgan fingerprint density at radius 1 is 1.16 bits per heavy atom. The van der Waals surface area contributed by atoms with Gasteiger partial charge in [0.1, 0.15) is 10.6 Å². The van der Waals surface area contributed by atoms with Crippen LogP contribution < -0.4 is 10.1 Å². The summed E-state index contributed by atoms with van der Waals surface area (Å²) in [6.45, 7) is 5.38. The number of fused-ring (bicyclic) bond motifs is 1. The van der Waals surface area contributed by atoms with Crippen LogP contribution in [0.1, 0.15) is 30.6 Å². The van der Waals surface area contributed by atoms with Crippen LogP contribution in [0.25, 0.3) is 11.0 Å². The molecule has 2 aromatic carbocycles.